The standard InChI is InChI=1S/C14H19N3S/c1-14(10-3-7-12(18-2)8-4-10)9-16-13(15)17(14)11-5-6-11/h3-4,7-8,11H,5-6,9H2,1-2H3,(H2,15,16). The molecule has 0 amide bonds. The van der Waals surface area contributed by atoms with Gasteiger partial charge in [-0.05, 0) is 43.7 Å². The molecule has 1 aliphatic carbocycles. The summed E-state index contributed by atoms with van der Waals surface area (Å²) in [5.41, 5.74) is 7.32. The number of guanidine groups is 1. The lowest BCUT2D eigenvalue weighted by Crippen LogP contribution is -2.48. The smallest absolute Gasteiger partial charge is 0.192 e. The number of nitrogens with zero attached hydrogens (tertiary/aromatic N) is 2. The van der Waals surface area contributed by atoms with E-state index in [4.69, 9.17) is 5.73 Å². The van der Waals surface area contributed by atoms with Gasteiger partial charge in [0, 0.05) is 10.9 Å². The molecule has 0 bridgehead atoms. The number of thioether (sulfide) groups is 1. The van der Waals surface area contributed by atoms with E-state index in [1.165, 1.54) is 23.3 Å². The molecular formula is C14H19N3S. The van der Waals surface area contributed by atoms with Crippen LogP contribution in [0.3, 0.4) is 0 Å². The van der Waals surface area contributed by atoms with Crippen LogP contribution in [0.5, 0.6) is 0 Å². The maximum Gasteiger partial charge on any atom is 0.192 e. The fourth-order valence-corrected chi connectivity index (χ4v) is 3.15. The molecule has 1 saturated carbocycles. The van der Waals surface area contributed by atoms with Crippen LogP contribution in [-0.4, -0.2) is 29.7 Å². The second-order valence-electron chi connectivity index (χ2n) is 5.28. The van der Waals surface area contributed by atoms with Crippen molar-refractivity contribution < 1.29 is 0 Å². The molecule has 0 saturated heterocycles. The van der Waals surface area contributed by atoms with E-state index in [1.54, 1.807) is 11.8 Å². The SMILES string of the molecule is CSc1ccc(C2(C)CN=C(N)N2C2CC2)cc1. The zero-order chi connectivity index (χ0) is 12.8. The van der Waals surface area contributed by atoms with E-state index in [1.807, 2.05) is 0 Å². The normalized spacial score (nSPS) is 27.4. The van der Waals surface area contributed by atoms with E-state index < -0.39 is 0 Å². The van der Waals surface area contributed by atoms with Crippen molar-refractivity contribution in [1.82, 2.24) is 4.90 Å². The molecule has 3 rings (SSSR count). The van der Waals surface area contributed by atoms with Gasteiger partial charge >= 0.3 is 0 Å². The molecule has 3 nitrogen and oxygen atoms in total. The van der Waals surface area contributed by atoms with Crippen LogP contribution in [0.1, 0.15) is 25.3 Å². The Labute approximate surface area is 112 Å². The zero-order valence-corrected chi connectivity index (χ0v) is 11.7. The van der Waals surface area contributed by atoms with Gasteiger partial charge in [-0.15, -0.1) is 11.8 Å². The molecule has 1 unspecified atom stereocenters. The second kappa shape index (κ2) is 4.19. The number of rotatable bonds is 3. The zero-order valence-electron chi connectivity index (χ0n) is 10.9. The first kappa shape index (κ1) is 11.9. The molecule has 0 spiro atoms. The number of benzene rings is 1. The van der Waals surface area contributed by atoms with E-state index >= 15 is 0 Å². The molecule has 1 heterocycles. The van der Waals surface area contributed by atoms with E-state index in [0.717, 1.165) is 6.54 Å². The molecule has 1 aromatic rings. The van der Waals surface area contributed by atoms with Gasteiger partial charge in [0.1, 0.15) is 0 Å². The van der Waals surface area contributed by atoms with Crippen molar-refractivity contribution in [2.24, 2.45) is 10.7 Å². The fraction of sp³-hybridized carbons (Fsp3) is 0.500. The third-order valence-corrected chi connectivity index (χ3v) is 4.69. The Hall–Kier alpha value is -1.16. The first-order valence-electron chi connectivity index (χ1n) is 6.39. The van der Waals surface area contributed by atoms with Gasteiger partial charge < -0.3 is 10.6 Å². The summed E-state index contributed by atoms with van der Waals surface area (Å²) in [7, 11) is 0. The van der Waals surface area contributed by atoms with Crippen LogP contribution in [0.25, 0.3) is 0 Å². The molecule has 2 aliphatic rings. The third-order valence-electron chi connectivity index (χ3n) is 3.95. The fourth-order valence-electron chi connectivity index (χ4n) is 2.74. The first-order chi connectivity index (χ1) is 8.65. The minimum atomic E-state index is -0.0534. The number of hydrogen-bond donors (Lipinski definition) is 1. The summed E-state index contributed by atoms with van der Waals surface area (Å²) in [6, 6.07) is 9.40. The highest BCUT2D eigenvalue weighted by Crippen LogP contribution is 2.41. The second-order valence-corrected chi connectivity index (χ2v) is 6.16. The Kier molecular flexibility index (Phi) is 2.77. The van der Waals surface area contributed by atoms with Crippen LogP contribution in [-0.2, 0) is 5.54 Å². The summed E-state index contributed by atoms with van der Waals surface area (Å²) >= 11 is 1.77. The van der Waals surface area contributed by atoms with Crippen LogP contribution in [0.4, 0.5) is 0 Å². The largest absolute Gasteiger partial charge is 0.370 e. The molecule has 18 heavy (non-hydrogen) atoms. The average Bonchev–Trinajstić information content (AvgIpc) is 3.17. The molecule has 1 aliphatic heterocycles. The van der Waals surface area contributed by atoms with Gasteiger partial charge in [0.15, 0.2) is 5.96 Å². The average molecular weight is 261 g/mol. The van der Waals surface area contributed by atoms with Crippen molar-refractivity contribution in [3.63, 3.8) is 0 Å². The highest BCUT2D eigenvalue weighted by Gasteiger charge is 2.46. The van der Waals surface area contributed by atoms with Crippen molar-refractivity contribution in [2.45, 2.75) is 36.2 Å². The maximum atomic E-state index is 6.06. The summed E-state index contributed by atoms with van der Waals surface area (Å²) in [6.45, 7) is 3.02. The number of nitrogens with two attached hydrogens (primary N) is 1. The Morgan fingerprint density at radius 1 is 1.33 bits per heavy atom. The lowest BCUT2D eigenvalue weighted by atomic mass is 9.91. The van der Waals surface area contributed by atoms with Gasteiger partial charge in [-0.1, -0.05) is 12.1 Å². The minimum Gasteiger partial charge on any atom is -0.370 e. The Bertz CT molecular complexity index is 478. The number of aliphatic imine (C=N–C) groups is 1. The Morgan fingerprint density at radius 3 is 2.56 bits per heavy atom. The lowest BCUT2D eigenvalue weighted by Gasteiger charge is -2.37. The predicted octanol–water partition coefficient (Wildman–Crippen LogP) is 2.42. The highest BCUT2D eigenvalue weighted by molar-refractivity contribution is 7.98. The van der Waals surface area contributed by atoms with Crippen LogP contribution in [0.2, 0.25) is 0 Å². The van der Waals surface area contributed by atoms with Crippen LogP contribution in [0.15, 0.2) is 34.2 Å². The number of hydrogen-bond acceptors (Lipinski definition) is 4. The Balaban J connectivity index is 1.93. The van der Waals surface area contributed by atoms with E-state index in [2.05, 4.69) is 47.3 Å². The van der Waals surface area contributed by atoms with Crippen molar-refractivity contribution >= 4 is 17.7 Å². The molecule has 1 atom stereocenters. The van der Waals surface area contributed by atoms with E-state index in [-0.39, 0.29) is 5.54 Å². The molecule has 1 aromatic carbocycles. The summed E-state index contributed by atoms with van der Waals surface area (Å²) in [4.78, 5) is 8.08. The molecule has 96 valence electrons. The first-order valence-corrected chi connectivity index (χ1v) is 7.61. The molecule has 4 heteroatoms. The van der Waals surface area contributed by atoms with Gasteiger partial charge in [-0.3, -0.25) is 4.99 Å². The Morgan fingerprint density at radius 2 is 2.00 bits per heavy atom. The summed E-state index contributed by atoms with van der Waals surface area (Å²) in [6.07, 6.45) is 4.59. The topological polar surface area (TPSA) is 41.6 Å². The van der Waals surface area contributed by atoms with Crippen molar-refractivity contribution in [3.05, 3.63) is 29.8 Å². The highest BCUT2D eigenvalue weighted by atomic mass is 32.2. The van der Waals surface area contributed by atoms with Crippen LogP contribution in [0, 0.1) is 0 Å². The summed E-state index contributed by atoms with van der Waals surface area (Å²) in [5, 5.41) is 0. The van der Waals surface area contributed by atoms with Gasteiger partial charge in [0.2, 0.25) is 0 Å². The van der Waals surface area contributed by atoms with Gasteiger partial charge in [0.05, 0.1) is 12.1 Å². The lowest BCUT2D eigenvalue weighted by molar-refractivity contribution is 0.216. The quantitative estimate of drug-likeness (QED) is 0.850. The van der Waals surface area contributed by atoms with E-state index in [9.17, 15) is 0 Å². The monoisotopic (exact) mass is 261 g/mol. The third kappa shape index (κ3) is 1.79. The van der Waals surface area contributed by atoms with Gasteiger partial charge in [-0.25, -0.2) is 0 Å². The molecular weight excluding hydrogens is 242 g/mol. The minimum absolute atomic E-state index is 0.0534. The van der Waals surface area contributed by atoms with Gasteiger partial charge in [0.25, 0.3) is 0 Å². The maximum absolute atomic E-state index is 6.06. The van der Waals surface area contributed by atoms with Crippen molar-refractivity contribution in [3.8, 4) is 0 Å². The molecule has 0 aromatic heterocycles. The van der Waals surface area contributed by atoms with Crippen molar-refractivity contribution in [2.75, 3.05) is 12.8 Å². The molecule has 0 radical (unpaired) electrons. The molecule has 1 fully saturated rings. The summed E-state index contributed by atoms with van der Waals surface area (Å²) < 4.78 is 0. The van der Waals surface area contributed by atoms with Crippen LogP contribution < -0.4 is 5.73 Å². The van der Waals surface area contributed by atoms with Crippen molar-refractivity contribution in [1.29, 1.82) is 0 Å². The van der Waals surface area contributed by atoms with E-state index in [0.29, 0.717) is 12.0 Å². The molecule has 2 N–H and O–H groups in total. The summed E-state index contributed by atoms with van der Waals surface area (Å²) in [5.74, 6) is 0.717. The predicted molar refractivity (Wildman–Crippen MR) is 76.9 cm³/mol. The van der Waals surface area contributed by atoms with Crippen LogP contribution >= 0.6 is 11.8 Å². The van der Waals surface area contributed by atoms with Gasteiger partial charge in [-0.2, -0.15) is 0 Å².